The molecule has 0 amide bonds. The molecule has 1 aliphatic rings. The van der Waals surface area contributed by atoms with Crippen LogP contribution in [0.15, 0.2) is 103 Å². The van der Waals surface area contributed by atoms with Crippen LogP contribution >= 0.6 is 0 Å². The summed E-state index contributed by atoms with van der Waals surface area (Å²) in [7, 11) is 0. The molecular formula is C27H28O4. The van der Waals surface area contributed by atoms with Crippen LogP contribution in [0.25, 0.3) is 0 Å². The van der Waals surface area contributed by atoms with Gasteiger partial charge in [0.15, 0.2) is 0 Å². The molecule has 0 fully saturated rings. The van der Waals surface area contributed by atoms with Crippen LogP contribution in [0.5, 0.6) is 0 Å². The summed E-state index contributed by atoms with van der Waals surface area (Å²) in [5.74, 6) is 0. The lowest BCUT2D eigenvalue weighted by Gasteiger charge is -2.34. The van der Waals surface area contributed by atoms with Crippen LogP contribution in [-0.4, -0.2) is 24.9 Å². The average molecular weight is 417 g/mol. The highest BCUT2D eigenvalue weighted by molar-refractivity contribution is 5.15. The Morgan fingerprint density at radius 2 is 1.13 bits per heavy atom. The molecule has 160 valence electrons. The summed E-state index contributed by atoms with van der Waals surface area (Å²) in [6.07, 6.45) is 2.88. The fourth-order valence-electron chi connectivity index (χ4n) is 3.51. The van der Waals surface area contributed by atoms with Gasteiger partial charge in [-0.15, -0.1) is 0 Å². The molecule has 1 aliphatic heterocycles. The van der Waals surface area contributed by atoms with Gasteiger partial charge in [0.2, 0.25) is 0 Å². The van der Waals surface area contributed by atoms with Crippen LogP contribution in [0.1, 0.15) is 16.7 Å². The summed E-state index contributed by atoms with van der Waals surface area (Å²) >= 11 is 0. The molecule has 2 unspecified atom stereocenters. The standard InChI is InChI=1S/C27H28O4/c1-4-10-22(11-5-1)18-28-21-26-27(31-20-24-14-8-3-9-15-24)25(16-17-29-26)30-19-23-12-6-2-7-13-23/h1-17,25-27H,18-21H2/t25-,26?,27?/m1/s1. The van der Waals surface area contributed by atoms with E-state index in [1.165, 1.54) is 0 Å². The van der Waals surface area contributed by atoms with Crippen molar-refractivity contribution in [3.63, 3.8) is 0 Å². The van der Waals surface area contributed by atoms with E-state index >= 15 is 0 Å². The Bertz CT molecular complexity index is 912. The number of hydrogen-bond acceptors (Lipinski definition) is 4. The predicted octanol–water partition coefficient (Wildman–Crippen LogP) is 5.29. The van der Waals surface area contributed by atoms with Crippen LogP contribution in [0.3, 0.4) is 0 Å². The molecule has 0 saturated carbocycles. The van der Waals surface area contributed by atoms with E-state index in [4.69, 9.17) is 18.9 Å². The summed E-state index contributed by atoms with van der Waals surface area (Å²) in [6, 6.07) is 30.4. The molecule has 4 rings (SSSR count). The van der Waals surface area contributed by atoms with Gasteiger partial charge in [0.25, 0.3) is 0 Å². The van der Waals surface area contributed by atoms with E-state index in [9.17, 15) is 0 Å². The van der Waals surface area contributed by atoms with Crippen LogP contribution in [0.4, 0.5) is 0 Å². The van der Waals surface area contributed by atoms with Crippen LogP contribution < -0.4 is 0 Å². The van der Waals surface area contributed by atoms with Gasteiger partial charge in [-0.3, -0.25) is 0 Å². The molecule has 0 radical (unpaired) electrons. The molecule has 4 heteroatoms. The second-order valence-electron chi connectivity index (χ2n) is 7.53. The van der Waals surface area contributed by atoms with Crippen molar-refractivity contribution >= 4 is 0 Å². The SMILES string of the molecule is C1=C[C@@H](OCc2ccccc2)C(OCc2ccccc2)C(COCc2ccccc2)O1. The molecule has 0 saturated heterocycles. The molecule has 3 aromatic carbocycles. The molecular weight excluding hydrogens is 388 g/mol. The van der Waals surface area contributed by atoms with Gasteiger partial charge in [0, 0.05) is 0 Å². The van der Waals surface area contributed by atoms with Crippen LogP contribution in [0, 0.1) is 0 Å². The van der Waals surface area contributed by atoms with E-state index in [2.05, 4.69) is 36.4 Å². The molecule has 31 heavy (non-hydrogen) atoms. The molecule has 0 aliphatic carbocycles. The minimum Gasteiger partial charge on any atom is -0.493 e. The predicted molar refractivity (Wildman–Crippen MR) is 120 cm³/mol. The maximum Gasteiger partial charge on any atom is 0.150 e. The van der Waals surface area contributed by atoms with Crippen molar-refractivity contribution < 1.29 is 18.9 Å². The minimum atomic E-state index is -0.273. The Labute approximate surface area is 184 Å². The third kappa shape index (κ3) is 6.53. The molecule has 4 nitrogen and oxygen atoms in total. The van der Waals surface area contributed by atoms with Crippen molar-refractivity contribution in [3.05, 3.63) is 120 Å². The van der Waals surface area contributed by atoms with E-state index in [1.54, 1.807) is 6.26 Å². The Hall–Kier alpha value is -2.92. The Kier molecular flexibility index (Phi) is 7.88. The van der Waals surface area contributed by atoms with Gasteiger partial charge in [-0.2, -0.15) is 0 Å². The van der Waals surface area contributed by atoms with E-state index in [0.29, 0.717) is 26.4 Å². The lowest BCUT2D eigenvalue weighted by molar-refractivity contribution is -0.147. The molecule has 0 N–H and O–H groups in total. The van der Waals surface area contributed by atoms with Gasteiger partial charge < -0.3 is 18.9 Å². The zero-order valence-electron chi connectivity index (χ0n) is 17.5. The first-order chi connectivity index (χ1) is 15.4. The van der Waals surface area contributed by atoms with Gasteiger partial charge in [0.1, 0.15) is 18.3 Å². The van der Waals surface area contributed by atoms with Crippen molar-refractivity contribution in [2.24, 2.45) is 0 Å². The zero-order valence-corrected chi connectivity index (χ0v) is 17.5. The van der Waals surface area contributed by atoms with E-state index in [1.807, 2.05) is 60.7 Å². The van der Waals surface area contributed by atoms with E-state index in [0.717, 1.165) is 16.7 Å². The van der Waals surface area contributed by atoms with Gasteiger partial charge in [-0.05, 0) is 22.8 Å². The van der Waals surface area contributed by atoms with E-state index < -0.39 is 0 Å². The first kappa shape index (κ1) is 21.3. The van der Waals surface area contributed by atoms with Crippen LogP contribution in [-0.2, 0) is 38.8 Å². The highest BCUT2D eigenvalue weighted by atomic mass is 16.6. The van der Waals surface area contributed by atoms with Crippen molar-refractivity contribution in [2.75, 3.05) is 6.61 Å². The minimum absolute atomic E-state index is 0.219. The lowest BCUT2D eigenvalue weighted by atomic mass is 10.1. The fourth-order valence-corrected chi connectivity index (χ4v) is 3.51. The number of benzene rings is 3. The summed E-state index contributed by atoms with van der Waals surface area (Å²) in [5, 5.41) is 0. The third-order valence-electron chi connectivity index (χ3n) is 5.18. The third-order valence-corrected chi connectivity index (χ3v) is 5.18. The van der Waals surface area contributed by atoms with Crippen molar-refractivity contribution in [2.45, 2.75) is 38.1 Å². The van der Waals surface area contributed by atoms with Crippen molar-refractivity contribution in [3.8, 4) is 0 Å². The monoisotopic (exact) mass is 416 g/mol. The van der Waals surface area contributed by atoms with Gasteiger partial charge in [-0.1, -0.05) is 91.0 Å². The summed E-state index contributed by atoms with van der Waals surface area (Å²) in [4.78, 5) is 0. The van der Waals surface area contributed by atoms with Gasteiger partial charge in [-0.25, -0.2) is 0 Å². The second kappa shape index (κ2) is 11.5. The largest absolute Gasteiger partial charge is 0.493 e. The Morgan fingerprint density at radius 1 is 0.613 bits per heavy atom. The average Bonchev–Trinajstić information content (AvgIpc) is 2.84. The summed E-state index contributed by atoms with van der Waals surface area (Å²) in [5.41, 5.74) is 3.37. The number of ether oxygens (including phenoxy) is 4. The smallest absolute Gasteiger partial charge is 0.150 e. The molecule has 0 spiro atoms. The Morgan fingerprint density at radius 3 is 1.71 bits per heavy atom. The highest BCUT2D eigenvalue weighted by Crippen LogP contribution is 2.22. The molecule has 0 aromatic heterocycles. The second-order valence-corrected chi connectivity index (χ2v) is 7.53. The van der Waals surface area contributed by atoms with Gasteiger partial charge in [0.05, 0.1) is 32.7 Å². The highest BCUT2D eigenvalue weighted by Gasteiger charge is 2.34. The molecule has 0 bridgehead atoms. The van der Waals surface area contributed by atoms with Crippen LogP contribution in [0.2, 0.25) is 0 Å². The maximum absolute atomic E-state index is 6.30. The Balaban J connectivity index is 1.39. The summed E-state index contributed by atoms with van der Waals surface area (Å²) in [6.45, 7) is 1.96. The number of hydrogen-bond donors (Lipinski definition) is 0. The van der Waals surface area contributed by atoms with Gasteiger partial charge >= 0.3 is 0 Å². The number of rotatable bonds is 10. The first-order valence-electron chi connectivity index (χ1n) is 10.6. The first-order valence-corrected chi connectivity index (χ1v) is 10.6. The molecule has 3 aromatic rings. The van der Waals surface area contributed by atoms with Crippen molar-refractivity contribution in [1.29, 1.82) is 0 Å². The molecule has 1 heterocycles. The lowest BCUT2D eigenvalue weighted by Crippen LogP contribution is -2.45. The topological polar surface area (TPSA) is 36.9 Å². The maximum atomic E-state index is 6.30. The van der Waals surface area contributed by atoms with Crippen molar-refractivity contribution in [1.82, 2.24) is 0 Å². The zero-order chi connectivity index (χ0) is 21.1. The molecule has 3 atom stereocenters. The normalized spacial score (nSPS) is 20.3. The quantitative estimate of drug-likeness (QED) is 0.450. The fraction of sp³-hybridized carbons (Fsp3) is 0.259. The summed E-state index contributed by atoms with van der Waals surface area (Å²) < 4.78 is 24.4. The van der Waals surface area contributed by atoms with E-state index in [-0.39, 0.29) is 18.3 Å².